The number of carboxylic acid groups (broad SMARTS) is 1. The lowest BCUT2D eigenvalue weighted by Crippen LogP contribution is -2.34. The minimum absolute atomic E-state index is 0.0266. The van der Waals surface area contributed by atoms with Crippen LogP contribution in [0.2, 0.25) is 5.02 Å². The lowest BCUT2D eigenvalue weighted by Gasteiger charge is -2.29. The van der Waals surface area contributed by atoms with Crippen molar-refractivity contribution in [3.63, 3.8) is 0 Å². The molecule has 104 valence electrons. The summed E-state index contributed by atoms with van der Waals surface area (Å²) in [6.45, 7) is 4.21. The first-order valence-electron chi connectivity index (χ1n) is 5.79. The summed E-state index contributed by atoms with van der Waals surface area (Å²) in [5.74, 6) is -0.899. The molecular weight excluding hydrogens is 272 g/mol. The van der Waals surface area contributed by atoms with Crippen LogP contribution in [0.25, 0.3) is 0 Å². The molecule has 0 radical (unpaired) electrons. The van der Waals surface area contributed by atoms with Gasteiger partial charge in [0.25, 0.3) is 5.69 Å². The molecule has 0 fully saturated rings. The summed E-state index contributed by atoms with van der Waals surface area (Å²) in [6.07, 6.45) is -0.0266. The molecule has 0 bridgehead atoms. The number of rotatable bonds is 6. The number of benzene rings is 1. The molecular formula is C12H15ClN2O4. The van der Waals surface area contributed by atoms with E-state index in [0.717, 1.165) is 0 Å². The van der Waals surface area contributed by atoms with Crippen LogP contribution in [-0.2, 0) is 4.79 Å². The number of non-ortho nitro benzene ring substituents is 1. The third-order valence-electron chi connectivity index (χ3n) is 2.79. The van der Waals surface area contributed by atoms with Crippen molar-refractivity contribution < 1.29 is 14.8 Å². The number of anilines is 1. The van der Waals surface area contributed by atoms with E-state index >= 15 is 0 Å². The summed E-state index contributed by atoms with van der Waals surface area (Å²) < 4.78 is 0. The number of hydrogen-bond acceptors (Lipinski definition) is 4. The van der Waals surface area contributed by atoms with E-state index in [4.69, 9.17) is 16.7 Å². The Hall–Kier alpha value is -1.82. The number of aliphatic carboxylic acids is 1. The van der Waals surface area contributed by atoms with Crippen LogP contribution in [0.1, 0.15) is 20.3 Å². The van der Waals surface area contributed by atoms with Gasteiger partial charge in [0, 0.05) is 24.7 Å². The summed E-state index contributed by atoms with van der Waals surface area (Å²) >= 11 is 6.03. The average Bonchev–Trinajstić information content (AvgIpc) is 2.30. The molecule has 0 amide bonds. The van der Waals surface area contributed by atoms with Gasteiger partial charge in [0.2, 0.25) is 0 Å². The van der Waals surface area contributed by atoms with Crippen LogP contribution in [-0.4, -0.2) is 28.6 Å². The Labute approximate surface area is 115 Å². The monoisotopic (exact) mass is 286 g/mol. The van der Waals surface area contributed by atoms with Gasteiger partial charge in [-0.2, -0.15) is 0 Å². The second-order valence-electron chi connectivity index (χ2n) is 4.13. The van der Waals surface area contributed by atoms with Gasteiger partial charge in [-0.05, 0) is 19.9 Å². The van der Waals surface area contributed by atoms with Crippen molar-refractivity contribution in [3.05, 3.63) is 33.3 Å². The Morgan fingerprint density at radius 2 is 2.21 bits per heavy atom. The second kappa shape index (κ2) is 6.38. The summed E-state index contributed by atoms with van der Waals surface area (Å²) in [5.41, 5.74) is 0.513. The van der Waals surface area contributed by atoms with Crippen LogP contribution >= 0.6 is 11.6 Å². The maximum absolute atomic E-state index is 10.7. The highest BCUT2D eigenvalue weighted by atomic mass is 35.5. The Morgan fingerprint density at radius 1 is 1.58 bits per heavy atom. The van der Waals surface area contributed by atoms with Gasteiger partial charge in [0.1, 0.15) is 0 Å². The third kappa shape index (κ3) is 3.82. The molecule has 6 nitrogen and oxygen atoms in total. The smallest absolute Gasteiger partial charge is 0.305 e. The number of hydrogen-bond donors (Lipinski definition) is 1. The van der Waals surface area contributed by atoms with Crippen molar-refractivity contribution >= 4 is 28.9 Å². The maximum atomic E-state index is 10.7. The van der Waals surface area contributed by atoms with Crippen LogP contribution < -0.4 is 4.90 Å². The first-order valence-corrected chi connectivity index (χ1v) is 6.17. The van der Waals surface area contributed by atoms with Crippen molar-refractivity contribution in [1.82, 2.24) is 0 Å². The Morgan fingerprint density at radius 3 is 2.63 bits per heavy atom. The highest BCUT2D eigenvalue weighted by Crippen LogP contribution is 2.31. The zero-order chi connectivity index (χ0) is 14.6. The minimum Gasteiger partial charge on any atom is -0.481 e. The number of carboxylic acids is 1. The average molecular weight is 287 g/mol. The minimum atomic E-state index is -0.899. The fourth-order valence-corrected chi connectivity index (χ4v) is 2.21. The fourth-order valence-electron chi connectivity index (χ4n) is 1.92. The molecule has 0 aliphatic carbocycles. The Kier molecular flexibility index (Phi) is 5.11. The predicted molar refractivity (Wildman–Crippen MR) is 72.8 cm³/mol. The molecule has 0 aliphatic rings. The summed E-state index contributed by atoms with van der Waals surface area (Å²) in [5, 5.41) is 19.7. The topological polar surface area (TPSA) is 83.7 Å². The Bertz CT molecular complexity index is 493. The van der Waals surface area contributed by atoms with Crippen LogP contribution in [0.4, 0.5) is 11.4 Å². The molecule has 1 atom stereocenters. The number of halogens is 1. The number of nitro groups is 1. The highest BCUT2D eigenvalue weighted by molar-refractivity contribution is 6.33. The van der Waals surface area contributed by atoms with Crippen molar-refractivity contribution in [2.75, 3.05) is 11.4 Å². The molecule has 1 N–H and O–H groups in total. The molecule has 0 aromatic heterocycles. The van der Waals surface area contributed by atoms with Crippen LogP contribution in [0.15, 0.2) is 18.2 Å². The van der Waals surface area contributed by atoms with E-state index in [1.165, 1.54) is 12.1 Å². The van der Waals surface area contributed by atoms with Crippen LogP contribution in [0.3, 0.4) is 0 Å². The van der Waals surface area contributed by atoms with Gasteiger partial charge in [-0.1, -0.05) is 11.6 Å². The standard InChI is InChI=1S/C12H15ClN2O4/c1-3-14(8(2)6-12(16)17)11-5-4-9(15(18)19)7-10(11)13/h4-5,7-8H,3,6H2,1-2H3,(H,16,17). The second-order valence-corrected chi connectivity index (χ2v) is 4.53. The van der Waals surface area contributed by atoms with Crippen LogP contribution in [0.5, 0.6) is 0 Å². The zero-order valence-electron chi connectivity index (χ0n) is 10.7. The number of nitro benzene ring substituents is 1. The zero-order valence-corrected chi connectivity index (χ0v) is 11.4. The van der Waals surface area contributed by atoms with E-state index in [1.807, 2.05) is 6.92 Å². The van der Waals surface area contributed by atoms with E-state index in [2.05, 4.69) is 0 Å². The summed E-state index contributed by atoms with van der Waals surface area (Å²) in [7, 11) is 0. The first-order chi connectivity index (χ1) is 8.86. The van der Waals surface area contributed by atoms with Gasteiger partial charge in [-0.15, -0.1) is 0 Å². The van der Waals surface area contributed by atoms with E-state index in [1.54, 1.807) is 17.9 Å². The molecule has 1 unspecified atom stereocenters. The van der Waals surface area contributed by atoms with Crippen molar-refractivity contribution in [1.29, 1.82) is 0 Å². The quantitative estimate of drug-likeness (QED) is 0.642. The lowest BCUT2D eigenvalue weighted by molar-refractivity contribution is -0.384. The van der Waals surface area contributed by atoms with Gasteiger partial charge < -0.3 is 10.0 Å². The normalized spacial score (nSPS) is 11.9. The molecule has 0 saturated carbocycles. The van der Waals surface area contributed by atoms with Crippen molar-refractivity contribution in [2.24, 2.45) is 0 Å². The van der Waals surface area contributed by atoms with Crippen molar-refractivity contribution in [3.8, 4) is 0 Å². The van der Waals surface area contributed by atoms with Crippen LogP contribution in [0, 0.1) is 10.1 Å². The molecule has 0 aliphatic heterocycles. The summed E-state index contributed by atoms with van der Waals surface area (Å²) in [4.78, 5) is 22.7. The Balaban J connectivity index is 3.05. The van der Waals surface area contributed by atoms with Gasteiger partial charge in [0.15, 0.2) is 0 Å². The molecule has 0 spiro atoms. The molecule has 0 saturated heterocycles. The third-order valence-corrected chi connectivity index (χ3v) is 3.10. The van der Waals surface area contributed by atoms with Gasteiger partial charge in [0.05, 0.1) is 22.1 Å². The largest absolute Gasteiger partial charge is 0.481 e. The SMILES string of the molecule is CCN(c1ccc([N+](=O)[O-])cc1Cl)C(C)CC(=O)O. The molecule has 1 aromatic rings. The van der Waals surface area contributed by atoms with E-state index in [0.29, 0.717) is 12.2 Å². The van der Waals surface area contributed by atoms with Crippen molar-refractivity contribution in [2.45, 2.75) is 26.3 Å². The summed E-state index contributed by atoms with van der Waals surface area (Å²) in [6, 6.07) is 3.92. The van der Waals surface area contributed by atoms with E-state index < -0.39 is 10.9 Å². The molecule has 7 heteroatoms. The van der Waals surface area contributed by atoms with Gasteiger partial charge in [-0.3, -0.25) is 14.9 Å². The lowest BCUT2D eigenvalue weighted by atomic mass is 10.1. The number of carbonyl (C=O) groups is 1. The molecule has 0 heterocycles. The molecule has 1 aromatic carbocycles. The van der Waals surface area contributed by atoms with E-state index in [9.17, 15) is 14.9 Å². The highest BCUT2D eigenvalue weighted by Gasteiger charge is 2.19. The number of nitrogens with zero attached hydrogens (tertiary/aromatic N) is 2. The first kappa shape index (κ1) is 15.2. The predicted octanol–water partition coefficient (Wildman–Crippen LogP) is 2.94. The molecule has 19 heavy (non-hydrogen) atoms. The van der Waals surface area contributed by atoms with Gasteiger partial charge >= 0.3 is 5.97 Å². The molecule has 1 rings (SSSR count). The fraction of sp³-hybridized carbons (Fsp3) is 0.417. The maximum Gasteiger partial charge on any atom is 0.305 e. The van der Waals surface area contributed by atoms with Gasteiger partial charge in [-0.25, -0.2) is 0 Å². The van der Waals surface area contributed by atoms with E-state index in [-0.39, 0.29) is 23.2 Å².